The highest BCUT2D eigenvalue weighted by molar-refractivity contribution is 8.26. The molecule has 1 aliphatic heterocycles. The molecule has 1 aliphatic rings. The Morgan fingerprint density at radius 1 is 1.19 bits per heavy atom. The summed E-state index contributed by atoms with van der Waals surface area (Å²) in [5.41, 5.74) is 1.36. The molecule has 2 amide bonds. The highest BCUT2D eigenvalue weighted by atomic mass is 32.2. The van der Waals surface area contributed by atoms with Gasteiger partial charge < -0.3 is 5.32 Å². The summed E-state index contributed by atoms with van der Waals surface area (Å²) in [6.07, 6.45) is -1.38. The van der Waals surface area contributed by atoms with Crippen LogP contribution in [0.2, 0.25) is 0 Å². The number of hydrogen-bond acceptors (Lipinski definition) is 4. The Hall–Kier alpha value is -2.65. The Balaban J connectivity index is 1.53. The van der Waals surface area contributed by atoms with Gasteiger partial charge in [0.05, 0.1) is 10.5 Å². The summed E-state index contributed by atoms with van der Waals surface area (Å²) < 4.78 is 38.8. The first kappa shape index (κ1) is 24.0. The number of aryl methyl sites for hydroxylation is 1. The Morgan fingerprint density at radius 2 is 1.91 bits per heavy atom. The lowest BCUT2D eigenvalue weighted by atomic mass is 10.1. The van der Waals surface area contributed by atoms with Crippen molar-refractivity contribution in [3.8, 4) is 0 Å². The summed E-state index contributed by atoms with van der Waals surface area (Å²) in [5.74, 6) is -0.640. The second-order valence-electron chi connectivity index (χ2n) is 7.16. The minimum Gasteiger partial charge on any atom is -0.326 e. The largest absolute Gasteiger partial charge is 0.416 e. The summed E-state index contributed by atoms with van der Waals surface area (Å²) >= 11 is 6.52. The van der Waals surface area contributed by atoms with E-state index >= 15 is 0 Å². The number of anilines is 1. The molecule has 3 rings (SSSR count). The number of nitrogens with zero attached hydrogens (tertiary/aromatic N) is 1. The van der Waals surface area contributed by atoms with E-state index in [-0.39, 0.29) is 24.6 Å². The zero-order valence-electron chi connectivity index (χ0n) is 17.2. The third kappa shape index (κ3) is 6.20. The van der Waals surface area contributed by atoms with Crippen LogP contribution in [-0.4, -0.2) is 27.6 Å². The minimum atomic E-state index is -4.48. The van der Waals surface area contributed by atoms with Gasteiger partial charge in [-0.25, -0.2) is 0 Å². The number of rotatable bonds is 7. The van der Waals surface area contributed by atoms with E-state index in [1.165, 1.54) is 34.4 Å². The maximum Gasteiger partial charge on any atom is 0.416 e. The number of carbonyl (C=O) groups excluding carboxylic acids is 2. The van der Waals surface area contributed by atoms with Crippen LogP contribution in [0.1, 0.15) is 36.5 Å². The number of thioether (sulfide) groups is 1. The molecule has 1 heterocycles. The zero-order chi connectivity index (χ0) is 23.3. The van der Waals surface area contributed by atoms with Crippen molar-refractivity contribution < 1.29 is 22.8 Å². The first-order chi connectivity index (χ1) is 15.2. The van der Waals surface area contributed by atoms with Gasteiger partial charge >= 0.3 is 6.18 Å². The maximum absolute atomic E-state index is 12.8. The van der Waals surface area contributed by atoms with E-state index < -0.39 is 17.6 Å². The Bertz CT molecular complexity index is 1050. The predicted molar refractivity (Wildman–Crippen MR) is 125 cm³/mol. The van der Waals surface area contributed by atoms with Crippen molar-refractivity contribution in [2.45, 2.75) is 32.4 Å². The molecule has 0 atom stereocenters. The number of nitrogens with one attached hydrogen (secondary N) is 1. The third-order valence-electron chi connectivity index (χ3n) is 4.82. The Kier molecular flexibility index (Phi) is 7.73. The second kappa shape index (κ2) is 10.3. The summed E-state index contributed by atoms with van der Waals surface area (Å²) in [7, 11) is 0. The quantitative estimate of drug-likeness (QED) is 0.398. The molecule has 0 saturated carbocycles. The molecule has 0 aliphatic carbocycles. The molecule has 1 saturated heterocycles. The molecule has 0 spiro atoms. The average molecular weight is 479 g/mol. The lowest BCUT2D eigenvalue weighted by Gasteiger charge is -2.14. The Labute approximate surface area is 193 Å². The smallest absolute Gasteiger partial charge is 0.326 e. The Morgan fingerprint density at radius 3 is 2.56 bits per heavy atom. The van der Waals surface area contributed by atoms with Gasteiger partial charge in [0.25, 0.3) is 5.91 Å². The van der Waals surface area contributed by atoms with Crippen molar-refractivity contribution in [1.29, 1.82) is 0 Å². The van der Waals surface area contributed by atoms with Crippen LogP contribution in [0.4, 0.5) is 18.9 Å². The summed E-state index contributed by atoms with van der Waals surface area (Å²) in [4.78, 5) is 26.8. The standard InChI is InChI=1S/C23H21F3N2O2S2/c1-2-15-8-10-16(11-9-15)13-19-21(30)28(22(31)32-19)12-4-7-20(29)27-18-6-3-5-17(14-18)23(24,25)26/h3,5-6,8-11,13-14H,2,4,7,12H2,1H3,(H,27,29). The van der Waals surface area contributed by atoms with Crippen LogP contribution in [0.15, 0.2) is 53.4 Å². The number of thiocarbonyl (C=S) groups is 1. The first-order valence-electron chi connectivity index (χ1n) is 9.99. The monoisotopic (exact) mass is 478 g/mol. The van der Waals surface area contributed by atoms with Crippen LogP contribution < -0.4 is 5.32 Å². The number of alkyl halides is 3. The van der Waals surface area contributed by atoms with E-state index in [2.05, 4.69) is 12.2 Å². The molecule has 0 unspecified atom stereocenters. The zero-order valence-corrected chi connectivity index (χ0v) is 18.9. The van der Waals surface area contributed by atoms with Gasteiger partial charge in [-0.05, 0) is 48.2 Å². The highest BCUT2D eigenvalue weighted by Gasteiger charge is 2.32. The average Bonchev–Trinajstić information content (AvgIpc) is 3.01. The fourth-order valence-electron chi connectivity index (χ4n) is 3.09. The fourth-order valence-corrected chi connectivity index (χ4v) is 4.40. The molecular formula is C23H21F3N2O2S2. The van der Waals surface area contributed by atoms with Crippen LogP contribution in [0.5, 0.6) is 0 Å². The summed E-state index contributed by atoms with van der Waals surface area (Å²) in [6, 6.07) is 12.4. The van der Waals surface area contributed by atoms with Gasteiger partial charge in [-0.1, -0.05) is 61.2 Å². The van der Waals surface area contributed by atoms with Crippen molar-refractivity contribution in [3.05, 3.63) is 70.1 Å². The highest BCUT2D eigenvalue weighted by Crippen LogP contribution is 2.33. The van der Waals surface area contributed by atoms with Crippen molar-refractivity contribution in [3.63, 3.8) is 0 Å². The van der Waals surface area contributed by atoms with Crippen LogP contribution >= 0.6 is 24.0 Å². The molecule has 0 aromatic heterocycles. The predicted octanol–water partition coefficient (Wildman–Crippen LogP) is 5.89. The van der Waals surface area contributed by atoms with E-state index in [0.717, 1.165) is 24.1 Å². The first-order valence-corrected chi connectivity index (χ1v) is 11.2. The summed E-state index contributed by atoms with van der Waals surface area (Å²) in [5, 5.41) is 2.46. The van der Waals surface area contributed by atoms with Gasteiger partial charge in [-0.3, -0.25) is 14.5 Å². The molecule has 32 heavy (non-hydrogen) atoms. The number of halogens is 3. The van der Waals surface area contributed by atoms with E-state index in [4.69, 9.17) is 12.2 Å². The molecule has 168 valence electrons. The molecule has 9 heteroatoms. The van der Waals surface area contributed by atoms with Crippen LogP contribution in [-0.2, 0) is 22.2 Å². The molecule has 2 aromatic rings. The SMILES string of the molecule is CCc1ccc(C=C2SC(=S)N(CCCC(=O)Nc3cccc(C(F)(F)F)c3)C2=O)cc1. The van der Waals surface area contributed by atoms with Crippen molar-refractivity contribution in [2.24, 2.45) is 0 Å². The van der Waals surface area contributed by atoms with Crippen molar-refractivity contribution in [2.75, 3.05) is 11.9 Å². The second-order valence-corrected chi connectivity index (χ2v) is 8.83. The lowest BCUT2D eigenvalue weighted by Crippen LogP contribution is -2.29. The van der Waals surface area contributed by atoms with Gasteiger partial charge in [-0.2, -0.15) is 13.2 Å². The lowest BCUT2D eigenvalue weighted by molar-refractivity contribution is -0.137. The number of amides is 2. The van der Waals surface area contributed by atoms with E-state index in [9.17, 15) is 22.8 Å². The molecule has 1 fully saturated rings. The normalized spacial score (nSPS) is 15.5. The van der Waals surface area contributed by atoms with Gasteiger partial charge in [0.2, 0.25) is 5.91 Å². The molecule has 0 radical (unpaired) electrons. The van der Waals surface area contributed by atoms with E-state index in [1.807, 2.05) is 24.3 Å². The number of benzene rings is 2. The topological polar surface area (TPSA) is 49.4 Å². The van der Waals surface area contributed by atoms with E-state index in [0.29, 0.717) is 15.6 Å². The van der Waals surface area contributed by atoms with Crippen LogP contribution in [0.25, 0.3) is 6.08 Å². The van der Waals surface area contributed by atoms with E-state index in [1.54, 1.807) is 6.08 Å². The van der Waals surface area contributed by atoms with Gasteiger partial charge in [-0.15, -0.1) is 0 Å². The molecule has 4 nitrogen and oxygen atoms in total. The van der Waals surface area contributed by atoms with Gasteiger partial charge in [0.15, 0.2) is 0 Å². The molecular weight excluding hydrogens is 457 g/mol. The summed E-state index contributed by atoms with van der Waals surface area (Å²) in [6.45, 7) is 2.33. The number of hydrogen-bond donors (Lipinski definition) is 1. The van der Waals surface area contributed by atoms with Gasteiger partial charge in [0.1, 0.15) is 4.32 Å². The fraction of sp³-hybridized carbons (Fsp3) is 0.261. The molecule has 2 aromatic carbocycles. The van der Waals surface area contributed by atoms with Crippen molar-refractivity contribution >= 4 is 51.9 Å². The van der Waals surface area contributed by atoms with Crippen molar-refractivity contribution in [1.82, 2.24) is 4.90 Å². The maximum atomic E-state index is 12.8. The minimum absolute atomic E-state index is 0.0465. The van der Waals surface area contributed by atoms with Crippen LogP contribution in [0, 0.1) is 0 Å². The molecule has 1 N–H and O–H groups in total. The van der Waals surface area contributed by atoms with Crippen LogP contribution in [0.3, 0.4) is 0 Å². The third-order valence-corrected chi connectivity index (χ3v) is 6.20. The molecule has 0 bridgehead atoms. The number of carbonyl (C=O) groups is 2. The van der Waals surface area contributed by atoms with Gasteiger partial charge in [0, 0.05) is 18.7 Å².